The molecule has 1 aliphatic heterocycles. The average Bonchev–Trinajstić information content (AvgIpc) is 2.68. The number of thiophene rings is 2. The van der Waals surface area contributed by atoms with Gasteiger partial charge in [0.1, 0.15) is 0 Å². The lowest BCUT2D eigenvalue weighted by Crippen LogP contribution is -1.85. The van der Waals surface area contributed by atoms with Crippen LogP contribution in [0.3, 0.4) is 0 Å². The first-order valence-electron chi connectivity index (χ1n) is 4.37. The van der Waals surface area contributed by atoms with Gasteiger partial charge in [-0.25, -0.2) is 0 Å². The standard InChI is InChI=1S/C10H6Cl2OS2/c11-5-3-14-7-1-13-2-8-10(9(5)7)6(12)4-15-8/h3-4H,1-2H2. The Morgan fingerprint density at radius 1 is 0.933 bits per heavy atom. The van der Waals surface area contributed by atoms with Crippen LogP contribution in [-0.4, -0.2) is 0 Å². The van der Waals surface area contributed by atoms with Crippen LogP contribution >= 0.6 is 45.9 Å². The van der Waals surface area contributed by atoms with Gasteiger partial charge in [0.05, 0.1) is 23.3 Å². The monoisotopic (exact) mass is 276 g/mol. The molecule has 0 aliphatic carbocycles. The van der Waals surface area contributed by atoms with E-state index in [0.29, 0.717) is 13.2 Å². The van der Waals surface area contributed by atoms with E-state index in [0.717, 1.165) is 21.2 Å². The van der Waals surface area contributed by atoms with Gasteiger partial charge < -0.3 is 4.74 Å². The van der Waals surface area contributed by atoms with Gasteiger partial charge in [-0.1, -0.05) is 23.2 Å². The normalized spacial score (nSPS) is 14.5. The molecule has 2 aromatic heterocycles. The topological polar surface area (TPSA) is 9.23 Å². The Labute approximate surface area is 105 Å². The van der Waals surface area contributed by atoms with E-state index in [1.54, 1.807) is 22.7 Å². The number of fused-ring (bicyclic) bond motifs is 3. The molecule has 0 bridgehead atoms. The van der Waals surface area contributed by atoms with Crippen molar-refractivity contribution in [2.24, 2.45) is 0 Å². The minimum Gasteiger partial charge on any atom is -0.370 e. The number of halogens is 2. The molecule has 1 nitrogen and oxygen atoms in total. The molecule has 2 aromatic rings. The van der Waals surface area contributed by atoms with E-state index >= 15 is 0 Å². The first-order valence-corrected chi connectivity index (χ1v) is 6.88. The van der Waals surface area contributed by atoms with Gasteiger partial charge in [-0.3, -0.25) is 0 Å². The van der Waals surface area contributed by atoms with Crippen LogP contribution in [0.2, 0.25) is 10.0 Å². The molecule has 0 aromatic carbocycles. The van der Waals surface area contributed by atoms with Gasteiger partial charge in [-0.2, -0.15) is 0 Å². The molecule has 0 saturated heterocycles. The van der Waals surface area contributed by atoms with Crippen molar-refractivity contribution in [3.63, 3.8) is 0 Å². The fourth-order valence-electron chi connectivity index (χ4n) is 1.71. The molecule has 15 heavy (non-hydrogen) atoms. The van der Waals surface area contributed by atoms with E-state index in [-0.39, 0.29) is 0 Å². The molecule has 78 valence electrons. The molecule has 5 heteroatoms. The first-order chi connectivity index (χ1) is 7.27. The molecule has 0 spiro atoms. The van der Waals surface area contributed by atoms with E-state index in [9.17, 15) is 0 Å². The molecule has 0 fully saturated rings. The van der Waals surface area contributed by atoms with Gasteiger partial charge in [0, 0.05) is 31.6 Å². The lowest BCUT2D eigenvalue weighted by molar-refractivity contribution is 0.113. The van der Waals surface area contributed by atoms with Gasteiger partial charge in [-0.05, 0) is 0 Å². The van der Waals surface area contributed by atoms with E-state index in [1.165, 1.54) is 9.75 Å². The molecular formula is C10H6Cl2OS2. The zero-order valence-corrected chi connectivity index (χ0v) is 10.7. The summed E-state index contributed by atoms with van der Waals surface area (Å²) >= 11 is 15.6. The number of hydrogen-bond donors (Lipinski definition) is 0. The van der Waals surface area contributed by atoms with Crippen LogP contribution in [0.4, 0.5) is 0 Å². The quantitative estimate of drug-likeness (QED) is 0.671. The zero-order valence-electron chi connectivity index (χ0n) is 7.55. The molecule has 0 N–H and O–H groups in total. The van der Waals surface area contributed by atoms with Crippen molar-refractivity contribution in [1.29, 1.82) is 0 Å². The molecule has 1 aliphatic rings. The summed E-state index contributed by atoms with van der Waals surface area (Å²) in [6, 6.07) is 0. The van der Waals surface area contributed by atoms with E-state index in [2.05, 4.69) is 0 Å². The van der Waals surface area contributed by atoms with Crippen molar-refractivity contribution >= 4 is 45.9 Å². The molecule has 0 radical (unpaired) electrons. The summed E-state index contributed by atoms with van der Waals surface area (Å²) in [5, 5.41) is 5.45. The maximum Gasteiger partial charge on any atom is 0.0821 e. The van der Waals surface area contributed by atoms with E-state index in [1.807, 2.05) is 10.8 Å². The molecular weight excluding hydrogens is 271 g/mol. The van der Waals surface area contributed by atoms with Crippen molar-refractivity contribution in [3.8, 4) is 11.1 Å². The number of hydrogen-bond acceptors (Lipinski definition) is 3. The Morgan fingerprint density at radius 2 is 1.40 bits per heavy atom. The highest BCUT2D eigenvalue weighted by molar-refractivity contribution is 7.12. The van der Waals surface area contributed by atoms with Crippen molar-refractivity contribution in [2.45, 2.75) is 13.2 Å². The minimum atomic E-state index is 0.629. The second-order valence-electron chi connectivity index (χ2n) is 3.26. The summed E-state index contributed by atoms with van der Waals surface area (Å²) in [5.41, 5.74) is 2.14. The van der Waals surface area contributed by atoms with Gasteiger partial charge in [0.25, 0.3) is 0 Å². The van der Waals surface area contributed by atoms with Gasteiger partial charge in [0.15, 0.2) is 0 Å². The highest BCUT2D eigenvalue weighted by Crippen LogP contribution is 2.46. The minimum absolute atomic E-state index is 0.629. The van der Waals surface area contributed by atoms with E-state index < -0.39 is 0 Å². The number of rotatable bonds is 0. The van der Waals surface area contributed by atoms with Crippen LogP contribution in [-0.2, 0) is 18.0 Å². The van der Waals surface area contributed by atoms with Crippen LogP contribution in [0, 0.1) is 0 Å². The average molecular weight is 277 g/mol. The van der Waals surface area contributed by atoms with Crippen LogP contribution in [0.5, 0.6) is 0 Å². The summed E-state index contributed by atoms with van der Waals surface area (Å²) in [6.07, 6.45) is 0. The van der Waals surface area contributed by atoms with Crippen molar-refractivity contribution in [3.05, 3.63) is 30.6 Å². The van der Waals surface area contributed by atoms with Crippen LogP contribution in [0.25, 0.3) is 11.1 Å². The molecule has 3 heterocycles. The molecule has 3 rings (SSSR count). The smallest absolute Gasteiger partial charge is 0.0821 e. The first kappa shape index (κ1) is 10.1. The van der Waals surface area contributed by atoms with Gasteiger partial charge in [0.2, 0.25) is 0 Å². The van der Waals surface area contributed by atoms with Crippen LogP contribution in [0.15, 0.2) is 10.8 Å². The van der Waals surface area contributed by atoms with Crippen LogP contribution < -0.4 is 0 Å². The summed E-state index contributed by atoms with van der Waals surface area (Å²) in [6.45, 7) is 1.26. The summed E-state index contributed by atoms with van der Waals surface area (Å²) in [5.74, 6) is 0. The van der Waals surface area contributed by atoms with Crippen molar-refractivity contribution < 1.29 is 4.74 Å². The fourth-order valence-corrected chi connectivity index (χ4v) is 4.20. The highest BCUT2D eigenvalue weighted by Gasteiger charge is 2.23. The Balaban J connectivity index is 2.33. The molecule has 0 saturated carbocycles. The van der Waals surface area contributed by atoms with E-state index in [4.69, 9.17) is 27.9 Å². The molecule has 0 unspecified atom stereocenters. The SMILES string of the molecule is Clc1csc2c1-c1c(Cl)csc1COC2. The summed E-state index contributed by atoms with van der Waals surface area (Å²) in [4.78, 5) is 2.33. The third-order valence-corrected chi connectivity index (χ3v) is 5.14. The maximum atomic E-state index is 6.19. The predicted octanol–water partition coefficient (Wildman–Crippen LogP) is 4.81. The second kappa shape index (κ2) is 3.75. The van der Waals surface area contributed by atoms with Crippen molar-refractivity contribution in [1.82, 2.24) is 0 Å². The maximum absolute atomic E-state index is 6.19. The Bertz CT molecular complexity index is 469. The lowest BCUT2D eigenvalue weighted by Gasteiger charge is -2.00. The zero-order chi connectivity index (χ0) is 10.4. The lowest BCUT2D eigenvalue weighted by atomic mass is 10.1. The third kappa shape index (κ3) is 1.54. The Hall–Kier alpha value is -0.0600. The predicted molar refractivity (Wildman–Crippen MR) is 66.1 cm³/mol. The summed E-state index contributed by atoms with van der Waals surface area (Å²) < 4.78 is 5.58. The molecule has 0 amide bonds. The number of ether oxygens (including phenoxy) is 1. The third-order valence-electron chi connectivity index (χ3n) is 2.36. The highest BCUT2D eigenvalue weighted by atomic mass is 35.5. The fraction of sp³-hybridized carbons (Fsp3) is 0.200. The second-order valence-corrected chi connectivity index (χ2v) is 6.00. The Morgan fingerprint density at radius 3 is 1.87 bits per heavy atom. The van der Waals surface area contributed by atoms with Crippen LogP contribution in [0.1, 0.15) is 9.75 Å². The van der Waals surface area contributed by atoms with Gasteiger partial charge in [-0.15, -0.1) is 22.7 Å². The Kier molecular flexibility index (Phi) is 2.53. The van der Waals surface area contributed by atoms with Gasteiger partial charge >= 0.3 is 0 Å². The largest absolute Gasteiger partial charge is 0.370 e. The summed E-state index contributed by atoms with van der Waals surface area (Å²) in [7, 11) is 0. The van der Waals surface area contributed by atoms with Crippen molar-refractivity contribution in [2.75, 3.05) is 0 Å². The molecule has 0 atom stereocenters.